The zero-order valence-electron chi connectivity index (χ0n) is 12.0. The summed E-state index contributed by atoms with van der Waals surface area (Å²) in [5.74, 6) is 0. The molecule has 1 heteroatoms. The smallest absolute Gasteiger partial charge is 0.0762 e. The molecule has 18 heavy (non-hydrogen) atoms. The predicted octanol–water partition coefficient (Wildman–Crippen LogP) is 4.58. The van der Waals surface area contributed by atoms with Gasteiger partial charge in [0.15, 0.2) is 0 Å². The van der Waals surface area contributed by atoms with Gasteiger partial charge < -0.3 is 4.74 Å². The van der Waals surface area contributed by atoms with Gasteiger partial charge in [-0.3, -0.25) is 0 Å². The minimum absolute atomic E-state index is 0.300. The summed E-state index contributed by atoms with van der Waals surface area (Å²) < 4.78 is 5.92. The Morgan fingerprint density at radius 3 is 2.39 bits per heavy atom. The fourth-order valence-corrected chi connectivity index (χ4v) is 2.84. The fourth-order valence-electron chi connectivity index (χ4n) is 2.84. The van der Waals surface area contributed by atoms with Crippen LogP contribution in [0.15, 0.2) is 18.2 Å². The van der Waals surface area contributed by atoms with Gasteiger partial charge in [-0.05, 0) is 63.6 Å². The maximum atomic E-state index is 5.92. The first kappa shape index (κ1) is 13.4. The van der Waals surface area contributed by atoms with E-state index < -0.39 is 0 Å². The van der Waals surface area contributed by atoms with E-state index in [-0.39, 0.29) is 0 Å². The average molecular weight is 244 g/mol. The molecule has 0 spiro atoms. The van der Waals surface area contributed by atoms with Gasteiger partial charge in [0.2, 0.25) is 0 Å². The Bertz CT molecular complexity index is 422. The van der Waals surface area contributed by atoms with Crippen LogP contribution in [0.25, 0.3) is 6.08 Å². The average Bonchev–Trinajstić information content (AvgIpc) is 2.27. The first-order valence-corrected chi connectivity index (χ1v) is 6.98. The Morgan fingerprint density at radius 1 is 1.11 bits per heavy atom. The molecule has 0 amide bonds. The molecule has 98 valence electrons. The monoisotopic (exact) mass is 244 g/mol. The van der Waals surface area contributed by atoms with Gasteiger partial charge in [-0.25, -0.2) is 0 Å². The second-order valence-corrected chi connectivity index (χ2v) is 5.59. The highest BCUT2D eigenvalue weighted by Gasteiger charge is 2.16. The van der Waals surface area contributed by atoms with E-state index in [0.717, 1.165) is 6.42 Å². The van der Waals surface area contributed by atoms with Gasteiger partial charge in [0.25, 0.3) is 0 Å². The quantitative estimate of drug-likeness (QED) is 0.739. The molecule has 1 nitrogen and oxygen atoms in total. The molecule has 1 aromatic rings. The van der Waals surface area contributed by atoms with Crippen LogP contribution in [0.1, 0.15) is 48.4 Å². The third-order valence-electron chi connectivity index (χ3n) is 3.72. The third-order valence-corrected chi connectivity index (χ3v) is 3.72. The maximum absolute atomic E-state index is 5.92. The lowest BCUT2D eigenvalue weighted by Gasteiger charge is -2.25. The van der Waals surface area contributed by atoms with Gasteiger partial charge in [0, 0.05) is 0 Å². The topological polar surface area (TPSA) is 9.23 Å². The molecule has 0 saturated carbocycles. The van der Waals surface area contributed by atoms with Crippen molar-refractivity contribution in [3.63, 3.8) is 0 Å². The Hall–Kier alpha value is -1.08. The van der Waals surface area contributed by atoms with E-state index in [9.17, 15) is 0 Å². The molecule has 1 aliphatic rings. The molecule has 0 radical (unpaired) electrons. The molecule has 1 heterocycles. The number of ether oxygens (including phenoxy) is 1. The molecule has 1 aromatic carbocycles. The Kier molecular flexibility index (Phi) is 4.23. The molecule has 1 saturated heterocycles. The van der Waals surface area contributed by atoms with Gasteiger partial charge in [-0.2, -0.15) is 0 Å². The van der Waals surface area contributed by atoms with Crippen LogP contribution in [-0.2, 0) is 4.74 Å². The van der Waals surface area contributed by atoms with Crippen molar-refractivity contribution in [2.45, 2.75) is 59.2 Å². The standard InChI is InChI=1S/C17H24O/c1-12-10-13(2)17(14(3)11-12)9-8-16-7-5-6-15(4)18-16/h8-11,15-16H,5-7H2,1-4H3/b9-8+/t15-,16-/m1/s1. The Balaban J connectivity index is 2.13. The maximum Gasteiger partial charge on any atom is 0.0762 e. The van der Waals surface area contributed by atoms with E-state index in [2.05, 4.69) is 52.0 Å². The van der Waals surface area contributed by atoms with Crippen LogP contribution in [-0.4, -0.2) is 12.2 Å². The molecule has 1 fully saturated rings. The van der Waals surface area contributed by atoms with Crippen molar-refractivity contribution in [1.82, 2.24) is 0 Å². The molecule has 0 unspecified atom stereocenters. The van der Waals surface area contributed by atoms with Crippen LogP contribution in [0.2, 0.25) is 0 Å². The van der Waals surface area contributed by atoms with Crippen LogP contribution in [0, 0.1) is 20.8 Å². The lowest BCUT2D eigenvalue weighted by molar-refractivity contribution is -0.0137. The molecule has 0 aliphatic carbocycles. The van der Waals surface area contributed by atoms with Gasteiger partial charge >= 0.3 is 0 Å². The summed E-state index contributed by atoms with van der Waals surface area (Å²) in [4.78, 5) is 0. The largest absolute Gasteiger partial charge is 0.371 e. The van der Waals surface area contributed by atoms with Gasteiger partial charge in [-0.1, -0.05) is 29.8 Å². The highest BCUT2D eigenvalue weighted by Crippen LogP contribution is 2.22. The van der Waals surface area contributed by atoms with Gasteiger partial charge in [0.1, 0.15) is 0 Å². The predicted molar refractivity (Wildman–Crippen MR) is 77.9 cm³/mol. The van der Waals surface area contributed by atoms with Gasteiger partial charge in [-0.15, -0.1) is 0 Å². The van der Waals surface area contributed by atoms with Crippen molar-refractivity contribution in [2.75, 3.05) is 0 Å². The molecule has 0 aromatic heterocycles. The highest BCUT2D eigenvalue weighted by molar-refractivity contribution is 5.58. The van der Waals surface area contributed by atoms with Crippen molar-refractivity contribution >= 4 is 6.08 Å². The van der Waals surface area contributed by atoms with E-state index in [1.165, 1.54) is 35.1 Å². The molecule has 0 N–H and O–H groups in total. The van der Waals surface area contributed by atoms with Crippen molar-refractivity contribution in [3.05, 3.63) is 40.5 Å². The van der Waals surface area contributed by atoms with E-state index in [4.69, 9.17) is 4.74 Å². The Morgan fingerprint density at radius 2 is 1.78 bits per heavy atom. The van der Waals surface area contributed by atoms with Crippen molar-refractivity contribution in [3.8, 4) is 0 Å². The first-order chi connectivity index (χ1) is 8.56. The lowest BCUT2D eigenvalue weighted by atomic mass is 9.98. The summed E-state index contributed by atoms with van der Waals surface area (Å²) in [6.45, 7) is 8.69. The summed E-state index contributed by atoms with van der Waals surface area (Å²) in [5, 5.41) is 0. The van der Waals surface area contributed by atoms with Crippen molar-refractivity contribution in [2.24, 2.45) is 0 Å². The van der Waals surface area contributed by atoms with Crippen LogP contribution in [0.5, 0.6) is 0 Å². The van der Waals surface area contributed by atoms with Crippen LogP contribution < -0.4 is 0 Å². The second-order valence-electron chi connectivity index (χ2n) is 5.59. The summed E-state index contributed by atoms with van der Waals surface area (Å²) in [5.41, 5.74) is 5.40. The number of rotatable bonds is 2. The zero-order valence-corrected chi connectivity index (χ0v) is 12.0. The molecule has 0 bridgehead atoms. The summed E-state index contributed by atoms with van der Waals surface area (Å²) >= 11 is 0. The molecule has 2 atom stereocenters. The second kappa shape index (κ2) is 5.71. The zero-order chi connectivity index (χ0) is 13.1. The summed E-state index contributed by atoms with van der Waals surface area (Å²) in [6.07, 6.45) is 8.83. The number of hydrogen-bond donors (Lipinski definition) is 0. The molecular formula is C17H24O. The molecule has 1 aliphatic heterocycles. The third kappa shape index (κ3) is 3.23. The van der Waals surface area contributed by atoms with E-state index in [1.807, 2.05) is 0 Å². The number of hydrogen-bond acceptors (Lipinski definition) is 1. The highest BCUT2D eigenvalue weighted by atomic mass is 16.5. The fraction of sp³-hybridized carbons (Fsp3) is 0.529. The Labute approximate surface area is 111 Å². The molecular weight excluding hydrogens is 220 g/mol. The van der Waals surface area contributed by atoms with Crippen LogP contribution in [0.3, 0.4) is 0 Å². The molecule has 2 rings (SSSR count). The minimum atomic E-state index is 0.300. The van der Waals surface area contributed by atoms with E-state index in [0.29, 0.717) is 12.2 Å². The summed E-state index contributed by atoms with van der Waals surface area (Å²) in [6, 6.07) is 4.49. The number of aryl methyl sites for hydroxylation is 3. The van der Waals surface area contributed by atoms with Crippen LogP contribution >= 0.6 is 0 Å². The van der Waals surface area contributed by atoms with E-state index in [1.54, 1.807) is 0 Å². The van der Waals surface area contributed by atoms with Crippen molar-refractivity contribution in [1.29, 1.82) is 0 Å². The van der Waals surface area contributed by atoms with E-state index >= 15 is 0 Å². The number of benzene rings is 1. The van der Waals surface area contributed by atoms with Gasteiger partial charge in [0.05, 0.1) is 12.2 Å². The van der Waals surface area contributed by atoms with Crippen molar-refractivity contribution < 1.29 is 4.74 Å². The first-order valence-electron chi connectivity index (χ1n) is 6.98. The normalized spacial score (nSPS) is 24.7. The van der Waals surface area contributed by atoms with Crippen LogP contribution in [0.4, 0.5) is 0 Å². The lowest BCUT2D eigenvalue weighted by Crippen LogP contribution is -2.23. The SMILES string of the molecule is Cc1cc(C)c(/C=C/[C@H]2CCC[C@@H](C)O2)c(C)c1. The minimum Gasteiger partial charge on any atom is -0.371 e. The summed E-state index contributed by atoms with van der Waals surface area (Å²) in [7, 11) is 0.